The molecule has 4 N–H and O–H groups in total. The number of methoxy groups -OCH3 is 1. The van der Waals surface area contributed by atoms with E-state index < -0.39 is 6.61 Å². The van der Waals surface area contributed by atoms with Crippen LogP contribution in [0.25, 0.3) is 28.0 Å². The lowest BCUT2D eigenvalue weighted by Gasteiger charge is -2.46. The normalized spacial score (nSPS) is 21.9. The van der Waals surface area contributed by atoms with E-state index in [1.165, 1.54) is 0 Å². The highest BCUT2D eigenvalue weighted by molar-refractivity contribution is 9.10. The molecule has 5 heterocycles. The Morgan fingerprint density at radius 2 is 1.88 bits per heavy atom. The third-order valence-electron chi connectivity index (χ3n) is 8.92. The number of amides is 1. The first-order valence-electron chi connectivity index (χ1n) is 13.8. The molecule has 2 atom stereocenters. The zero-order valence-corrected chi connectivity index (χ0v) is 24.6. The molecule has 11 heteroatoms. The predicted octanol–water partition coefficient (Wildman–Crippen LogP) is 4.10. The van der Waals surface area contributed by atoms with Gasteiger partial charge in [0.05, 0.1) is 35.8 Å². The van der Waals surface area contributed by atoms with Crippen LogP contribution in [-0.2, 0) is 16.8 Å². The van der Waals surface area contributed by atoms with Crippen molar-refractivity contribution in [2.24, 2.45) is 0 Å². The van der Waals surface area contributed by atoms with Crippen molar-refractivity contribution in [3.63, 3.8) is 0 Å². The summed E-state index contributed by atoms with van der Waals surface area (Å²) in [5.74, 6) is 0.915. The molecule has 6 rings (SSSR count). The molecule has 0 spiro atoms. The van der Waals surface area contributed by atoms with Crippen LogP contribution in [0.5, 0.6) is 5.75 Å². The van der Waals surface area contributed by atoms with Crippen LogP contribution in [0.2, 0.25) is 0 Å². The lowest BCUT2D eigenvalue weighted by Crippen LogP contribution is -2.53. The number of carbonyl (C=O) groups is 1. The SMILES string of the molecule is CCC1(c2nc3c(-c4ccc(-c5ccc(OC)c(CO)c5)nc4)cnn3c(N)c2Br)CC2CCC(C1)N2C(=O)CO. The Kier molecular flexibility index (Phi) is 7.21. The van der Waals surface area contributed by atoms with E-state index in [-0.39, 0.29) is 30.0 Å². The number of nitrogens with two attached hydrogens (primary N) is 1. The molecule has 2 saturated heterocycles. The zero-order chi connectivity index (χ0) is 28.9. The van der Waals surface area contributed by atoms with E-state index in [9.17, 15) is 15.0 Å². The molecule has 1 aromatic carbocycles. The van der Waals surface area contributed by atoms with Crippen LogP contribution in [0.3, 0.4) is 0 Å². The number of ether oxygens (including phenoxy) is 1. The van der Waals surface area contributed by atoms with Gasteiger partial charge in [-0.3, -0.25) is 9.78 Å². The van der Waals surface area contributed by atoms with E-state index in [1.807, 2.05) is 35.2 Å². The van der Waals surface area contributed by atoms with Gasteiger partial charge in [0.1, 0.15) is 18.2 Å². The van der Waals surface area contributed by atoms with Crippen LogP contribution in [0.15, 0.2) is 47.2 Å². The third-order valence-corrected chi connectivity index (χ3v) is 9.70. The number of carbonyl (C=O) groups excluding carboxylic acids is 1. The summed E-state index contributed by atoms with van der Waals surface area (Å²) in [7, 11) is 1.58. The minimum absolute atomic E-state index is 0.0740. The second-order valence-electron chi connectivity index (χ2n) is 11.0. The Hall–Kier alpha value is -3.54. The van der Waals surface area contributed by atoms with Crippen molar-refractivity contribution in [3.05, 3.63) is 58.5 Å². The fourth-order valence-electron chi connectivity index (χ4n) is 6.82. The van der Waals surface area contributed by atoms with Crippen LogP contribution >= 0.6 is 15.9 Å². The monoisotopic (exact) mass is 620 g/mol. The molecule has 2 bridgehead atoms. The lowest BCUT2D eigenvalue weighted by atomic mass is 9.70. The summed E-state index contributed by atoms with van der Waals surface area (Å²) in [4.78, 5) is 24.3. The number of nitrogen functional groups attached to an aromatic ring is 1. The number of halogens is 1. The maximum absolute atomic E-state index is 12.5. The summed E-state index contributed by atoms with van der Waals surface area (Å²) in [6, 6.07) is 9.68. The van der Waals surface area contributed by atoms with Gasteiger partial charge in [-0.2, -0.15) is 9.61 Å². The molecule has 2 aliphatic rings. The highest BCUT2D eigenvalue weighted by atomic mass is 79.9. The number of fused-ring (bicyclic) bond motifs is 3. The largest absolute Gasteiger partial charge is 0.496 e. The summed E-state index contributed by atoms with van der Waals surface area (Å²) in [6.07, 6.45) is 7.79. The molecule has 10 nitrogen and oxygen atoms in total. The Balaban J connectivity index is 1.38. The van der Waals surface area contributed by atoms with E-state index in [1.54, 1.807) is 24.0 Å². The fraction of sp³-hybridized carbons (Fsp3) is 0.400. The Morgan fingerprint density at radius 3 is 2.49 bits per heavy atom. The van der Waals surface area contributed by atoms with Gasteiger partial charge in [-0.15, -0.1) is 0 Å². The number of piperidine rings is 1. The molecular formula is C30H33BrN6O4. The number of benzene rings is 1. The average Bonchev–Trinajstić information content (AvgIpc) is 3.56. The molecule has 2 fully saturated rings. The molecule has 2 aliphatic heterocycles. The van der Waals surface area contributed by atoms with E-state index in [2.05, 4.69) is 28.0 Å². The van der Waals surface area contributed by atoms with Crippen LogP contribution in [0.1, 0.15) is 50.3 Å². The van der Waals surface area contributed by atoms with Crippen LogP contribution in [0.4, 0.5) is 5.82 Å². The average molecular weight is 622 g/mol. The number of hydrogen-bond acceptors (Lipinski definition) is 8. The Labute approximate surface area is 246 Å². The molecule has 214 valence electrons. The second kappa shape index (κ2) is 10.7. The van der Waals surface area contributed by atoms with Gasteiger partial charge in [0, 0.05) is 45.9 Å². The first-order chi connectivity index (χ1) is 19.8. The van der Waals surface area contributed by atoms with Gasteiger partial charge in [0.2, 0.25) is 5.91 Å². The lowest BCUT2D eigenvalue weighted by molar-refractivity contribution is -0.139. The van der Waals surface area contributed by atoms with Crippen molar-refractivity contribution in [3.8, 4) is 28.1 Å². The second-order valence-corrected chi connectivity index (χ2v) is 11.7. The van der Waals surface area contributed by atoms with Crippen molar-refractivity contribution < 1.29 is 19.7 Å². The number of rotatable bonds is 7. The van der Waals surface area contributed by atoms with Crippen molar-refractivity contribution in [2.75, 3.05) is 19.5 Å². The molecule has 0 saturated carbocycles. The van der Waals surface area contributed by atoms with Gasteiger partial charge in [-0.1, -0.05) is 13.0 Å². The molecule has 1 amide bonds. The number of hydrogen-bond donors (Lipinski definition) is 3. The number of pyridine rings is 1. The Bertz CT molecular complexity index is 1610. The summed E-state index contributed by atoms with van der Waals surface area (Å²) in [5, 5.41) is 23.8. The van der Waals surface area contributed by atoms with E-state index >= 15 is 0 Å². The molecule has 4 aromatic rings. The quantitative estimate of drug-likeness (QED) is 0.281. The number of nitrogens with zero attached hydrogens (tertiary/aromatic N) is 5. The van der Waals surface area contributed by atoms with Crippen LogP contribution in [0, 0.1) is 0 Å². The molecule has 3 aromatic heterocycles. The van der Waals surface area contributed by atoms with E-state index in [4.69, 9.17) is 20.4 Å². The van der Waals surface area contributed by atoms with Crippen molar-refractivity contribution in [1.29, 1.82) is 0 Å². The highest BCUT2D eigenvalue weighted by Gasteiger charge is 2.51. The molecule has 0 radical (unpaired) electrons. The Morgan fingerprint density at radius 1 is 1.15 bits per heavy atom. The summed E-state index contributed by atoms with van der Waals surface area (Å²) < 4.78 is 7.70. The predicted molar refractivity (Wildman–Crippen MR) is 158 cm³/mol. The topological polar surface area (TPSA) is 139 Å². The maximum atomic E-state index is 12.5. The summed E-state index contributed by atoms with van der Waals surface area (Å²) in [5.41, 5.74) is 11.9. The number of aromatic nitrogens is 4. The van der Waals surface area contributed by atoms with Gasteiger partial charge in [-0.25, -0.2) is 4.98 Å². The third kappa shape index (κ3) is 4.47. The van der Waals surface area contributed by atoms with Gasteiger partial charge in [-0.05, 0) is 72.3 Å². The first kappa shape index (κ1) is 27.6. The molecular weight excluding hydrogens is 588 g/mol. The number of anilines is 1. The van der Waals surface area contributed by atoms with Crippen molar-refractivity contribution in [1.82, 2.24) is 24.5 Å². The van der Waals surface area contributed by atoms with Gasteiger partial charge in [0.15, 0.2) is 5.65 Å². The van der Waals surface area contributed by atoms with Gasteiger partial charge >= 0.3 is 0 Å². The minimum Gasteiger partial charge on any atom is -0.496 e. The van der Waals surface area contributed by atoms with Gasteiger partial charge < -0.3 is 25.6 Å². The van der Waals surface area contributed by atoms with Crippen LogP contribution < -0.4 is 10.5 Å². The fourth-order valence-corrected chi connectivity index (χ4v) is 7.50. The van der Waals surface area contributed by atoms with Crippen LogP contribution in [-0.4, -0.2) is 66.4 Å². The molecule has 2 unspecified atom stereocenters. The van der Waals surface area contributed by atoms with Gasteiger partial charge in [0.25, 0.3) is 0 Å². The summed E-state index contributed by atoms with van der Waals surface area (Å²) >= 11 is 3.75. The minimum atomic E-state index is -0.458. The number of aliphatic hydroxyl groups is 2. The smallest absolute Gasteiger partial charge is 0.248 e. The van der Waals surface area contributed by atoms with E-state index in [0.717, 1.165) is 64.7 Å². The van der Waals surface area contributed by atoms with Crippen molar-refractivity contribution in [2.45, 2.75) is 63.1 Å². The maximum Gasteiger partial charge on any atom is 0.248 e. The zero-order valence-electron chi connectivity index (χ0n) is 23.0. The molecule has 41 heavy (non-hydrogen) atoms. The standard InChI is InChI=1S/C30H33BrN6O4/c1-3-30(11-20-6-7-21(12-30)36(20)25(40)16-39)27-26(31)28(32)37-29(35-27)22(14-34-37)18-4-8-23(33-13-18)17-5-9-24(41-2)19(10-17)15-38/h4-5,8-10,13-14,20-21,38-39H,3,6-7,11-12,15-16,32H2,1-2H3. The molecule has 0 aliphatic carbocycles. The van der Waals surface area contributed by atoms with Crippen molar-refractivity contribution >= 4 is 33.3 Å². The number of aliphatic hydroxyl groups excluding tert-OH is 2. The highest BCUT2D eigenvalue weighted by Crippen LogP contribution is 2.51. The first-order valence-corrected chi connectivity index (χ1v) is 14.6. The van der Waals surface area contributed by atoms with E-state index in [0.29, 0.717) is 22.8 Å². The summed E-state index contributed by atoms with van der Waals surface area (Å²) in [6.45, 7) is 1.58.